The van der Waals surface area contributed by atoms with Gasteiger partial charge in [0.1, 0.15) is 0 Å². The SMILES string of the molecule is CC(C)Cc1noc(-c2cc(Cl)ccc2N)n1. The van der Waals surface area contributed by atoms with E-state index in [1.807, 2.05) is 0 Å². The second-order valence-corrected chi connectivity index (χ2v) is 4.78. The first-order chi connectivity index (χ1) is 8.06. The van der Waals surface area contributed by atoms with E-state index in [0.717, 1.165) is 6.42 Å². The first kappa shape index (κ1) is 11.9. The molecule has 0 aliphatic carbocycles. The molecule has 0 aliphatic heterocycles. The first-order valence-electron chi connectivity index (χ1n) is 5.44. The minimum Gasteiger partial charge on any atom is -0.398 e. The Balaban J connectivity index is 2.33. The van der Waals surface area contributed by atoms with Gasteiger partial charge in [0, 0.05) is 17.1 Å². The number of nitrogens with zero attached hydrogens (tertiary/aromatic N) is 2. The van der Waals surface area contributed by atoms with E-state index in [-0.39, 0.29) is 0 Å². The number of halogens is 1. The van der Waals surface area contributed by atoms with Crippen molar-refractivity contribution < 1.29 is 4.52 Å². The molecule has 0 aliphatic rings. The summed E-state index contributed by atoms with van der Waals surface area (Å²) in [6.45, 7) is 4.20. The van der Waals surface area contributed by atoms with Gasteiger partial charge in [-0.25, -0.2) is 0 Å². The van der Waals surface area contributed by atoms with E-state index in [9.17, 15) is 0 Å². The van der Waals surface area contributed by atoms with E-state index < -0.39 is 0 Å². The van der Waals surface area contributed by atoms with Gasteiger partial charge in [-0.2, -0.15) is 4.98 Å². The smallest absolute Gasteiger partial charge is 0.260 e. The van der Waals surface area contributed by atoms with Crippen LogP contribution in [0.25, 0.3) is 11.5 Å². The average Bonchev–Trinajstić information content (AvgIpc) is 2.69. The molecule has 0 radical (unpaired) electrons. The lowest BCUT2D eigenvalue weighted by Crippen LogP contribution is -1.96. The Hall–Kier alpha value is -1.55. The molecule has 2 rings (SSSR count). The summed E-state index contributed by atoms with van der Waals surface area (Å²) in [5, 5.41) is 4.51. The maximum atomic E-state index is 5.91. The number of aromatic nitrogens is 2. The fraction of sp³-hybridized carbons (Fsp3) is 0.333. The first-order valence-corrected chi connectivity index (χ1v) is 5.82. The summed E-state index contributed by atoms with van der Waals surface area (Å²) in [4.78, 5) is 4.31. The third-order valence-corrected chi connectivity index (χ3v) is 2.54. The predicted octanol–water partition coefficient (Wildman–Crippen LogP) is 3.17. The monoisotopic (exact) mass is 251 g/mol. The van der Waals surface area contributed by atoms with Gasteiger partial charge in [0.25, 0.3) is 5.89 Å². The molecule has 1 heterocycles. The van der Waals surface area contributed by atoms with Crippen molar-refractivity contribution in [3.63, 3.8) is 0 Å². The number of hydrogen-bond donors (Lipinski definition) is 1. The highest BCUT2D eigenvalue weighted by molar-refractivity contribution is 6.31. The molecule has 0 spiro atoms. The van der Waals surface area contributed by atoms with Crippen molar-refractivity contribution in [1.29, 1.82) is 0 Å². The molecule has 0 saturated heterocycles. The molecule has 0 unspecified atom stereocenters. The van der Waals surface area contributed by atoms with Gasteiger partial charge in [0.2, 0.25) is 0 Å². The maximum Gasteiger partial charge on any atom is 0.260 e. The normalized spacial score (nSPS) is 11.1. The average molecular weight is 252 g/mol. The van der Waals surface area contributed by atoms with Gasteiger partial charge in [-0.15, -0.1) is 0 Å². The number of rotatable bonds is 3. The van der Waals surface area contributed by atoms with E-state index in [0.29, 0.717) is 33.9 Å². The van der Waals surface area contributed by atoms with Crippen molar-refractivity contribution in [2.45, 2.75) is 20.3 Å². The molecule has 90 valence electrons. The zero-order valence-corrected chi connectivity index (χ0v) is 10.5. The van der Waals surface area contributed by atoms with Crippen LogP contribution in [0.15, 0.2) is 22.7 Å². The molecule has 0 fully saturated rings. The van der Waals surface area contributed by atoms with Gasteiger partial charge in [-0.05, 0) is 24.1 Å². The van der Waals surface area contributed by atoms with Crippen molar-refractivity contribution in [2.24, 2.45) is 5.92 Å². The Kier molecular flexibility index (Phi) is 3.33. The summed E-state index contributed by atoms with van der Waals surface area (Å²) in [6.07, 6.45) is 0.782. The Morgan fingerprint density at radius 1 is 1.41 bits per heavy atom. The summed E-state index contributed by atoms with van der Waals surface area (Å²) in [5.41, 5.74) is 7.10. The molecule has 0 bridgehead atoms. The van der Waals surface area contributed by atoms with Crippen molar-refractivity contribution in [3.8, 4) is 11.5 Å². The standard InChI is InChI=1S/C12H14ClN3O/c1-7(2)5-11-15-12(17-16-11)9-6-8(13)3-4-10(9)14/h3-4,6-7H,5,14H2,1-2H3. The Labute approximate surface area is 105 Å². The molecular formula is C12H14ClN3O. The Morgan fingerprint density at radius 2 is 2.18 bits per heavy atom. The van der Waals surface area contributed by atoms with Gasteiger partial charge < -0.3 is 10.3 Å². The van der Waals surface area contributed by atoms with E-state index >= 15 is 0 Å². The van der Waals surface area contributed by atoms with Crippen molar-refractivity contribution in [3.05, 3.63) is 29.0 Å². The van der Waals surface area contributed by atoms with E-state index in [2.05, 4.69) is 24.0 Å². The third-order valence-electron chi connectivity index (χ3n) is 2.30. The van der Waals surface area contributed by atoms with Crippen LogP contribution < -0.4 is 5.73 Å². The van der Waals surface area contributed by atoms with Crippen LogP contribution >= 0.6 is 11.6 Å². The maximum absolute atomic E-state index is 5.91. The zero-order valence-electron chi connectivity index (χ0n) is 9.77. The molecule has 0 atom stereocenters. The molecule has 1 aromatic carbocycles. The van der Waals surface area contributed by atoms with E-state index in [1.165, 1.54) is 0 Å². The molecule has 0 amide bonds. The van der Waals surface area contributed by atoms with Crippen LogP contribution in [-0.2, 0) is 6.42 Å². The molecule has 4 nitrogen and oxygen atoms in total. The predicted molar refractivity (Wildman–Crippen MR) is 67.7 cm³/mol. The van der Waals surface area contributed by atoms with Crippen LogP contribution in [0.4, 0.5) is 5.69 Å². The van der Waals surface area contributed by atoms with Gasteiger partial charge in [-0.1, -0.05) is 30.6 Å². The third kappa shape index (κ3) is 2.77. The van der Waals surface area contributed by atoms with Crippen LogP contribution in [0.2, 0.25) is 5.02 Å². The number of benzene rings is 1. The van der Waals surface area contributed by atoms with Crippen molar-refractivity contribution >= 4 is 17.3 Å². The fourth-order valence-corrected chi connectivity index (χ4v) is 1.70. The molecule has 17 heavy (non-hydrogen) atoms. The highest BCUT2D eigenvalue weighted by atomic mass is 35.5. The summed E-state index contributed by atoms with van der Waals surface area (Å²) in [7, 11) is 0. The van der Waals surface area contributed by atoms with Crippen LogP contribution in [-0.4, -0.2) is 10.1 Å². The number of nitrogens with two attached hydrogens (primary N) is 1. The largest absolute Gasteiger partial charge is 0.398 e. The van der Waals surface area contributed by atoms with Crippen molar-refractivity contribution in [2.75, 3.05) is 5.73 Å². The van der Waals surface area contributed by atoms with Gasteiger partial charge >= 0.3 is 0 Å². The lowest BCUT2D eigenvalue weighted by molar-refractivity contribution is 0.418. The van der Waals surface area contributed by atoms with Gasteiger partial charge in [0.05, 0.1) is 5.56 Å². The summed E-state index contributed by atoms with van der Waals surface area (Å²) < 4.78 is 5.19. The second kappa shape index (κ2) is 4.75. The lowest BCUT2D eigenvalue weighted by atomic mass is 10.1. The van der Waals surface area contributed by atoms with E-state index in [4.69, 9.17) is 21.9 Å². The van der Waals surface area contributed by atoms with Crippen LogP contribution in [0, 0.1) is 5.92 Å². The summed E-state index contributed by atoms with van der Waals surface area (Å²) in [5.74, 6) is 1.59. The molecule has 0 saturated carbocycles. The van der Waals surface area contributed by atoms with E-state index in [1.54, 1.807) is 18.2 Å². The summed E-state index contributed by atoms with van der Waals surface area (Å²) >= 11 is 5.91. The molecule has 2 aromatic rings. The van der Waals surface area contributed by atoms with Crippen LogP contribution in [0.1, 0.15) is 19.7 Å². The topological polar surface area (TPSA) is 64.9 Å². The van der Waals surface area contributed by atoms with Crippen LogP contribution in [0.3, 0.4) is 0 Å². The minimum atomic E-state index is 0.417. The number of nitrogen functional groups attached to an aromatic ring is 1. The second-order valence-electron chi connectivity index (χ2n) is 4.35. The van der Waals surface area contributed by atoms with Gasteiger partial charge in [0.15, 0.2) is 5.82 Å². The Bertz CT molecular complexity index is 522. The molecule has 1 aromatic heterocycles. The van der Waals surface area contributed by atoms with Gasteiger partial charge in [-0.3, -0.25) is 0 Å². The number of hydrogen-bond acceptors (Lipinski definition) is 4. The fourth-order valence-electron chi connectivity index (χ4n) is 1.53. The van der Waals surface area contributed by atoms with Crippen molar-refractivity contribution in [1.82, 2.24) is 10.1 Å². The Morgan fingerprint density at radius 3 is 2.88 bits per heavy atom. The van der Waals surface area contributed by atoms with Crippen LogP contribution in [0.5, 0.6) is 0 Å². The summed E-state index contributed by atoms with van der Waals surface area (Å²) in [6, 6.07) is 5.18. The lowest BCUT2D eigenvalue weighted by Gasteiger charge is -2.00. The molecule has 2 N–H and O–H groups in total. The quantitative estimate of drug-likeness (QED) is 0.851. The molecule has 5 heteroatoms. The zero-order chi connectivity index (χ0) is 12.4. The highest BCUT2D eigenvalue weighted by Crippen LogP contribution is 2.27. The molecular weight excluding hydrogens is 238 g/mol. The highest BCUT2D eigenvalue weighted by Gasteiger charge is 2.12. The minimum absolute atomic E-state index is 0.417. The number of anilines is 1.